The highest BCUT2D eigenvalue weighted by molar-refractivity contribution is 5.69. The molecule has 1 unspecified atom stereocenters. The maximum absolute atomic E-state index is 10.4. The molecule has 1 heterocycles. The van der Waals surface area contributed by atoms with Crippen molar-refractivity contribution in [2.45, 2.75) is 109 Å². The van der Waals surface area contributed by atoms with Crippen LogP contribution in [0.25, 0.3) is 0 Å². The van der Waals surface area contributed by atoms with E-state index in [1.807, 2.05) is 0 Å². The predicted octanol–water partition coefficient (Wildman–Crippen LogP) is 5.35. The summed E-state index contributed by atoms with van der Waals surface area (Å²) in [6, 6.07) is 0. The summed E-state index contributed by atoms with van der Waals surface area (Å²) in [5.74, 6) is 0.242. The molecule has 4 heteroatoms. The van der Waals surface area contributed by atoms with Crippen molar-refractivity contribution in [1.29, 1.82) is 0 Å². The topological polar surface area (TPSA) is 61.4 Å². The van der Waals surface area contributed by atoms with Gasteiger partial charge in [0.05, 0.1) is 12.1 Å². The molecule has 0 aromatic heterocycles. The number of carboxylic acids is 1. The zero-order chi connectivity index (χ0) is 18.9. The second-order valence-corrected chi connectivity index (χ2v) is 9.07. The lowest BCUT2D eigenvalue weighted by Gasteiger charge is -2.38. The standard InChI is InChI=1S/C16H28N2.C7H12O2/c1-2-7-11-15-14(10-4-1)12-17-16(18-15)13-8-5-3-6-9-13;8-7(9)6-4-2-1-3-5-6/h13,16-18H,1-12H2;6H,1-5H2,(H,8,9). The number of hydrogen-bond acceptors (Lipinski definition) is 3. The lowest BCUT2D eigenvalue weighted by molar-refractivity contribution is -0.142. The second-order valence-electron chi connectivity index (χ2n) is 9.07. The molecule has 0 amide bonds. The van der Waals surface area contributed by atoms with Gasteiger partial charge in [-0.1, -0.05) is 51.4 Å². The number of rotatable bonds is 2. The molecular formula is C23H40N2O2. The van der Waals surface area contributed by atoms with E-state index in [0.717, 1.165) is 38.1 Å². The van der Waals surface area contributed by atoms with Gasteiger partial charge in [-0.3, -0.25) is 10.1 Å². The quantitative estimate of drug-likeness (QED) is 0.608. The minimum atomic E-state index is -0.602. The summed E-state index contributed by atoms with van der Waals surface area (Å²) in [6.45, 7) is 1.16. The molecule has 4 aliphatic rings. The van der Waals surface area contributed by atoms with Gasteiger partial charge in [0.15, 0.2) is 0 Å². The fourth-order valence-electron chi connectivity index (χ4n) is 5.26. The smallest absolute Gasteiger partial charge is 0.306 e. The van der Waals surface area contributed by atoms with Crippen molar-refractivity contribution >= 4 is 5.97 Å². The van der Waals surface area contributed by atoms with Crippen LogP contribution in [-0.2, 0) is 4.79 Å². The molecule has 154 valence electrons. The highest BCUT2D eigenvalue weighted by Gasteiger charge is 2.27. The molecule has 0 radical (unpaired) electrons. The lowest BCUT2D eigenvalue weighted by Crippen LogP contribution is -2.52. The largest absolute Gasteiger partial charge is 0.481 e. The zero-order valence-electron chi connectivity index (χ0n) is 17.1. The van der Waals surface area contributed by atoms with Gasteiger partial charge in [-0.05, 0) is 62.9 Å². The number of carboxylic acid groups (broad SMARTS) is 1. The Labute approximate surface area is 165 Å². The van der Waals surface area contributed by atoms with E-state index in [2.05, 4.69) is 10.6 Å². The van der Waals surface area contributed by atoms with Crippen molar-refractivity contribution in [3.8, 4) is 0 Å². The fraction of sp³-hybridized carbons (Fsp3) is 0.870. The highest BCUT2D eigenvalue weighted by atomic mass is 16.4. The Morgan fingerprint density at radius 2 is 1.37 bits per heavy atom. The van der Waals surface area contributed by atoms with E-state index in [0.29, 0.717) is 6.17 Å². The normalized spacial score (nSPS) is 28.1. The number of carbonyl (C=O) groups is 1. The number of allylic oxidation sites excluding steroid dienone is 1. The SMILES string of the molecule is C1CCCC2=C(CC1)CNC(C1CCCCC1)N2.O=C(O)C1CCCCC1. The average molecular weight is 377 g/mol. The van der Waals surface area contributed by atoms with Gasteiger partial charge in [0.1, 0.15) is 0 Å². The van der Waals surface area contributed by atoms with Crippen LogP contribution >= 0.6 is 0 Å². The summed E-state index contributed by atoms with van der Waals surface area (Å²) in [5, 5.41) is 16.2. The molecule has 1 atom stereocenters. The third-order valence-corrected chi connectivity index (χ3v) is 7.02. The molecule has 0 aromatic carbocycles. The predicted molar refractivity (Wildman–Crippen MR) is 110 cm³/mol. The average Bonchev–Trinajstić information content (AvgIpc) is 2.70. The maximum Gasteiger partial charge on any atom is 0.306 e. The van der Waals surface area contributed by atoms with E-state index in [-0.39, 0.29) is 5.92 Å². The first-order valence-corrected chi connectivity index (χ1v) is 11.7. The summed E-state index contributed by atoms with van der Waals surface area (Å²) in [6.07, 6.45) is 21.3. The van der Waals surface area contributed by atoms with Gasteiger partial charge in [-0.2, -0.15) is 0 Å². The molecule has 3 N–H and O–H groups in total. The van der Waals surface area contributed by atoms with Crippen molar-refractivity contribution in [1.82, 2.24) is 10.6 Å². The summed E-state index contributed by atoms with van der Waals surface area (Å²) in [4.78, 5) is 10.4. The lowest BCUT2D eigenvalue weighted by atomic mass is 9.85. The van der Waals surface area contributed by atoms with Crippen LogP contribution in [0.1, 0.15) is 103 Å². The van der Waals surface area contributed by atoms with Gasteiger partial charge < -0.3 is 10.4 Å². The molecular weight excluding hydrogens is 336 g/mol. The molecule has 4 rings (SSSR count). The zero-order valence-corrected chi connectivity index (χ0v) is 17.1. The Kier molecular flexibility index (Phi) is 8.50. The molecule has 27 heavy (non-hydrogen) atoms. The molecule has 3 aliphatic carbocycles. The van der Waals surface area contributed by atoms with Gasteiger partial charge in [0.25, 0.3) is 0 Å². The number of hydrogen-bond donors (Lipinski definition) is 3. The molecule has 1 aliphatic heterocycles. The van der Waals surface area contributed by atoms with E-state index in [1.165, 1.54) is 77.0 Å². The maximum atomic E-state index is 10.4. The van der Waals surface area contributed by atoms with Crippen LogP contribution in [-0.4, -0.2) is 23.8 Å². The highest BCUT2D eigenvalue weighted by Crippen LogP contribution is 2.30. The van der Waals surface area contributed by atoms with Gasteiger partial charge in [0.2, 0.25) is 0 Å². The Balaban J connectivity index is 0.000000197. The van der Waals surface area contributed by atoms with Crippen LogP contribution in [0.3, 0.4) is 0 Å². The van der Waals surface area contributed by atoms with Crippen LogP contribution in [0.4, 0.5) is 0 Å². The summed E-state index contributed by atoms with van der Waals surface area (Å²) < 4.78 is 0. The van der Waals surface area contributed by atoms with E-state index in [9.17, 15) is 4.79 Å². The van der Waals surface area contributed by atoms with Crippen LogP contribution < -0.4 is 10.6 Å². The van der Waals surface area contributed by atoms with Crippen molar-refractivity contribution in [2.24, 2.45) is 11.8 Å². The first-order valence-electron chi connectivity index (χ1n) is 11.7. The van der Waals surface area contributed by atoms with Crippen molar-refractivity contribution in [2.75, 3.05) is 6.54 Å². The molecule has 4 nitrogen and oxygen atoms in total. The van der Waals surface area contributed by atoms with Gasteiger partial charge in [-0.25, -0.2) is 0 Å². The summed E-state index contributed by atoms with van der Waals surface area (Å²) in [5.41, 5.74) is 3.30. The van der Waals surface area contributed by atoms with Crippen LogP contribution in [0.2, 0.25) is 0 Å². The van der Waals surface area contributed by atoms with Crippen molar-refractivity contribution < 1.29 is 9.90 Å². The Morgan fingerprint density at radius 3 is 2.00 bits per heavy atom. The van der Waals surface area contributed by atoms with Crippen LogP contribution in [0.15, 0.2) is 11.3 Å². The minimum Gasteiger partial charge on any atom is -0.481 e. The van der Waals surface area contributed by atoms with E-state index >= 15 is 0 Å². The Morgan fingerprint density at radius 1 is 0.778 bits per heavy atom. The minimum absolute atomic E-state index is 0.0289. The monoisotopic (exact) mass is 376 g/mol. The van der Waals surface area contributed by atoms with E-state index in [1.54, 1.807) is 11.3 Å². The molecule has 0 spiro atoms. The third kappa shape index (κ3) is 6.51. The third-order valence-electron chi connectivity index (χ3n) is 7.02. The fourth-order valence-corrected chi connectivity index (χ4v) is 5.26. The van der Waals surface area contributed by atoms with Gasteiger partial charge in [-0.15, -0.1) is 0 Å². The van der Waals surface area contributed by atoms with Crippen molar-refractivity contribution in [3.63, 3.8) is 0 Å². The first kappa shape index (κ1) is 20.7. The van der Waals surface area contributed by atoms with Crippen molar-refractivity contribution in [3.05, 3.63) is 11.3 Å². The first-order chi connectivity index (χ1) is 13.2. The van der Waals surface area contributed by atoms with Gasteiger partial charge >= 0.3 is 5.97 Å². The van der Waals surface area contributed by atoms with Crippen LogP contribution in [0.5, 0.6) is 0 Å². The number of nitrogens with one attached hydrogen (secondary N) is 2. The van der Waals surface area contributed by atoms with Gasteiger partial charge in [0, 0.05) is 12.2 Å². The summed E-state index contributed by atoms with van der Waals surface area (Å²) in [7, 11) is 0. The Hall–Kier alpha value is -1.03. The van der Waals surface area contributed by atoms with Crippen LogP contribution in [0, 0.1) is 11.8 Å². The number of aliphatic carboxylic acids is 1. The Bertz CT molecular complexity index is 491. The van der Waals surface area contributed by atoms with E-state index in [4.69, 9.17) is 5.11 Å². The summed E-state index contributed by atoms with van der Waals surface area (Å²) >= 11 is 0. The molecule has 0 aromatic rings. The second kappa shape index (κ2) is 11.1. The molecule has 0 bridgehead atoms. The van der Waals surface area contributed by atoms with E-state index < -0.39 is 5.97 Å². The molecule has 2 fully saturated rings. The molecule has 2 saturated carbocycles. The molecule has 0 saturated heterocycles.